The van der Waals surface area contributed by atoms with Crippen LogP contribution in [0.5, 0.6) is 0 Å². The van der Waals surface area contributed by atoms with Crippen molar-refractivity contribution in [1.29, 1.82) is 0 Å². The Bertz CT molecular complexity index is 588. The van der Waals surface area contributed by atoms with Crippen LogP contribution in [0.2, 0.25) is 0 Å². The van der Waals surface area contributed by atoms with E-state index < -0.39 is 22.7 Å². The Balaban J connectivity index is 1.97. The van der Waals surface area contributed by atoms with Crippen molar-refractivity contribution in [3.05, 3.63) is 35.4 Å². The topological polar surface area (TPSA) is 63.6 Å². The molecule has 4 nitrogen and oxygen atoms in total. The molecule has 1 fully saturated rings. The van der Waals surface area contributed by atoms with E-state index in [9.17, 15) is 14.7 Å². The van der Waals surface area contributed by atoms with Crippen LogP contribution in [-0.2, 0) is 20.7 Å². The molecule has 0 aromatic heterocycles. The molecule has 1 aromatic carbocycles. The monoisotopic (exact) mass is 318 g/mol. The fourth-order valence-electron chi connectivity index (χ4n) is 3.47. The second-order valence-corrected chi connectivity index (χ2v) is 7.35. The predicted octanol–water partition coefficient (Wildman–Crippen LogP) is 3.61. The second kappa shape index (κ2) is 6.34. The number of benzene rings is 1. The smallest absolute Gasteiger partial charge is 0.312 e. The number of carboxylic acids is 1. The number of hydrogen-bond acceptors (Lipinski definition) is 3. The Morgan fingerprint density at radius 2 is 1.83 bits per heavy atom. The Labute approximate surface area is 137 Å². The summed E-state index contributed by atoms with van der Waals surface area (Å²) in [7, 11) is 0. The molecular weight excluding hydrogens is 292 g/mol. The van der Waals surface area contributed by atoms with Gasteiger partial charge in [0.15, 0.2) is 0 Å². The Kier molecular flexibility index (Phi) is 4.83. The van der Waals surface area contributed by atoms with Gasteiger partial charge in [0.1, 0.15) is 0 Å². The van der Waals surface area contributed by atoms with Crippen molar-refractivity contribution in [3.63, 3.8) is 0 Å². The maximum absolute atomic E-state index is 12.6. The summed E-state index contributed by atoms with van der Waals surface area (Å²) in [5.41, 5.74) is 0.969. The standard InChI is InChI=1S/C19H26O4/c1-13-5-7-14(8-6-13)10-12-23-17(22)19(4)11-9-15(16(20)21)18(19,2)3/h5-8,15H,9-12H2,1-4H3,(H,20,21). The first kappa shape index (κ1) is 17.5. The lowest BCUT2D eigenvalue weighted by Gasteiger charge is -2.38. The maximum Gasteiger partial charge on any atom is 0.312 e. The molecule has 0 bridgehead atoms. The van der Waals surface area contributed by atoms with E-state index in [0.29, 0.717) is 25.9 Å². The van der Waals surface area contributed by atoms with Crippen LogP contribution in [-0.4, -0.2) is 23.7 Å². The van der Waals surface area contributed by atoms with E-state index in [-0.39, 0.29) is 5.97 Å². The minimum absolute atomic E-state index is 0.279. The normalized spacial score (nSPS) is 26.0. The number of hydrogen-bond donors (Lipinski definition) is 1. The number of carbonyl (C=O) groups is 2. The third-order valence-corrected chi connectivity index (χ3v) is 5.72. The first-order valence-corrected chi connectivity index (χ1v) is 8.14. The Morgan fingerprint density at radius 1 is 1.22 bits per heavy atom. The number of aryl methyl sites for hydroxylation is 1. The highest BCUT2D eigenvalue weighted by Gasteiger charge is 2.59. The molecule has 0 saturated heterocycles. The molecule has 1 aliphatic rings. The van der Waals surface area contributed by atoms with Crippen molar-refractivity contribution in [3.8, 4) is 0 Å². The minimum Gasteiger partial charge on any atom is -0.481 e. The van der Waals surface area contributed by atoms with Gasteiger partial charge in [-0.15, -0.1) is 0 Å². The van der Waals surface area contributed by atoms with Crippen LogP contribution < -0.4 is 0 Å². The summed E-state index contributed by atoms with van der Waals surface area (Å²) in [4.78, 5) is 24.0. The Hall–Kier alpha value is -1.84. The highest BCUT2D eigenvalue weighted by atomic mass is 16.5. The van der Waals surface area contributed by atoms with Crippen LogP contribution in [0.15, 0.2) is 24.3 Å². The molecule has 2 unspecified atom stereocenters. The van der Waals surface area contributed by atoms with Crippen LogP contribution in [0.3, 0.4) is 0 Å². The summed E-state index contributed by atoms with van der Waals surface area (Å²) in [5.74, 6) is -1.61. The molecule has 126 valence electrons. The van der Waals surface area contributed by atoms with Gasteiger partial charge in [-0.25, -0.2) is 0 Å². The molecule has 1 aromatic rings. The van der Waals surface area contributed by atoms with Crippen molar-refractivity contribution in [2.45, 2.75) is 47.0 Å². The number of esters is 1. The Morgan fingerprint density at radius 3 is 2.35 bits per heavy atom. The molecule has 2 rings (SSSR count). The lowest BCUT2D eigenvalue weighted by atomic mass is 9.65. The molecule has 4 heteroatoms. The summed E-state index contributed by atoms with van der Waals surface area (Å²) in [6.07, 6.45) is 1.75. The average molecular weight is 318 g/mol. The zero-order chi connectivity index (χ0) is 17.3. The van der Waals surface area contributed by atoms with Crippen LogP contribution in [0, 0.1) is 23.7 Å². The van der Waals surface area contributed by atoms with Gasteiger partial charge in [-0.1, -0.05) is 43.7 Å². The van der Waals surface area contributed by atoms with E-state index in [2.05, 4.69) is 0 Å². The summed E-state index contributed by atoms with van der Waals surface area (Å²) in [5, 5.41) is 9.36. The molecule has 0 amide bonds. The summed E-state index contributed by atoms with van der Waals surface area (Å²) >= 11 is 0. The average Bonchev–Trinajstić information content (AvgIpc) is 2.72. The van der Waals surface area contributed by atoms with Gasteiger partial charge in [0, 0.05) is 6.42 Å². The van der Waals surface area contributed by atoms with E-state index in [1.807, 2.05) is 52.0 Å². The molecule has 1 saturated carbocycles. The quantitative estimate of drug-likeness (QED) is 0.842. The van der Waals surface area contributed by atoms with Crippen LogP contribution in [0.4, 0.5) is 0 Å². The van der Waals surface area contributed by atoms with Crippen LogP contribution in [0.1, 0.15) is 44.7 Å². The molecule has 1 aliphatic carbocycles. The third kappa shape index (κ3) is 3.26. The zero-order valence-corrected chi connectivity index (χ0v) is 14.4. The van der Waals surface area contributed by atoms with E-state index >= 15 is 0 Å². The van der Waals surface area contributed by atoms with E-state index in [1.54, 1.807) is 0 Å². The third-order valence-electron chi connectivity index (χ3n) is 5.72. The van der Waals surface area contributed by atoms with Crippen molar-refractivity contribution >= 4 is 11.9 Å². The van der Waals surface area contributed by atoms with Gasteiger partial charge in [-0.2, -0.15) is 0 Å². The number of carbonyl (C=O) groups excluding carboxylic acids is 1. The summed E-state index contributed by atoms with van der Waals surface area (Å²) in [6, 6.07) is 8.14. The van der Waals surface area contributed by atoms with Gasteiger partial charge in [-0.05, 0) is 37.7 Å². The van der Waals surface area contributed by atoms with Gasteiger partial charge in [-0.3, -0.25) is 9.59 Å². The highest BCUT2D eigenvalue weighted by molar-refractivity contribution is 5.81. The van der Waals surface area contributed by atoms with Crippen molar-refractivity contribution in [2.75, 3.05) is 6.61 Å². The number of carboxylic acid groups (broad SMARTS) is 1. The molecule has 0 heterocycles. The number of rotatable bonds is 5. The molecule has 23 heavy (non-hydrogen) atoms. The SMILES string of the molecule is Cc1ccc(CCOC(=O)C2(C)CCC(C(=O)O)C2(C)C)cc1. The van der Waals surface area contributed by atoms with Gasteiger partial charge in [0.05, 0.1) is 17.9 Å². The lowest BCUT2D eigenvalue weighted by Crippen LogP contribution is -2.43. The minimum atomic E-state index is -0.828. The lowest BCUT2D eigenvalue weighted by molar-refractivity contribution is -0.163. The maximum atomic E-state index is 12.6. The molecule has 1 N–H and O–H groups in total. The van der Waals surface area contributed by atoms with Gasteiger partial charge < -0.3 is 9.84 Å². The summed E-state index contributed by atoms with van der Waals surface area (Å²) in [6.45, 7) is 7.92. The van der Waals surface area contributed by atoms with Crippen molar-refractivity contribution in [1.82, 2.24) is 0 Å². The predicted molar refractivity (Wildman–Crippen MR) is 88.1 cm³/mol. The van der Waals surface area contributed by atoms with Crippen molar-refractivity contribution < 1.29 is 19.4 Å². The van der Waals surface area contributed by atoms with Crippen molar-refractivity contribution in [2.24, 2.45) is 16.7 Å². The largest absolute Gasteiger partial charge is 0.481 e. The molecular formula is C19H26O4. The van der Waals surface area contributed by atoms with Gasteiger partial charge in [0.2, 0.25) is 0 Å². The number of aliphatic carboxylic acids is 1. The van der Waals surface area contributed by atoms with E-state index in [0.717, 1.165) is 5.56 Å². The van der Waals surface area contributed by atoms with Crippen LogP contribution >= 0.6 is 0 Å². The fourth-order valence-corrected chi connectivity index (χ4v) is 3.47. The highest BCUT2D eigenvalue weighted by Crippen LogP contribution is 2.56. The fraction of sp³-hybridized carbons (Fsp3) is 0.579. The first-order valence-electron chi connectivity index (χ1n) is 8.14. The van der Waals surface area contributed by atoms with E-state index in [1.165, 1.54) is 5.56 Å². The zero-order valence-electron chi connectivity index (χ0n) is 14.4. The molecule has 0 spiro atoms. The first-order chi connectivity index (χ1) is 10.7. The van der Waals surface area contributed by atoms with Crippen LogP contribution in [0.25, 0.3) is 0 Å². The summed E-state index contributed by atoms with van der Waals surface area (Å²) < 4.78 is 5.49. The van der Waals surface area contributed by atoms with Gasteiger partial charge in [0.25, 0.3) is 0 Å². The molecule has 0 aliphatic heterocycles. The molecule has 2 atom stereocenters. The second-order valence-electron chi connectivity index (χ2n) is 7.35. The van der Waals surface area contributed by atoms with E-state index in [4.69, 9.17) is 4.74 Å². The number of ether oxygens (including phenoxy) is 1. The molecule has 0 radical (unpaired) electrons. The van der Waals surface area contributed by atoms with Gasteiger partial charge >= 0.3 is 11.9 Å².